The molecule has 0 saturated heterocycles. The van der Waals surface area contributed by atoms with Crippen LogP contribution in [0.5, 0.6) is 0 Å². The number of aliphatic carboxylic acids is 1. The predicted molar refractivity (Wildman–Crippen MR) is 46.2 cm³/mol. The van der Waals surface area contributed by atoms with Crippen LogP contribution in [-0.2, 0) is 4.79 Å². The Morgan fingerprint density at radius 2 is 2.31 bits per heavy atom. The number of rotatable bonds is 3. The van der Waals surface area contributed by atoms with Crippen molar-refractivity contribution in [1.82, 2.24) is 4.98 Å². The molecule has 2 N–H and O–H groups in total. The smallest absolute Gasteiger partial charge is 0.306 e. The van der Waals surface area contributed by atoms with Gasteiger partial charge in [0.15, 0.2) is 0 Å². The van der Waals surface area contributed by atoms with Crippen molar-refractivity contribution in [3.8, 4) is 0 Å². The highest BCUT2D eigenvalue weighted by Crippen LogP contribution is 2.15. The summed E-state index contributed by atoms with van der Waals surface area (Å²) < 4.78 is 0. The summed E-state index contributed by atoms with van der Waals surface area (Å²) in [5, 5.41) is 17.8. The van der Waals surface area contributed by atoms with Crippen molar-refractivity contribution in [2.45, 2.75) is 19.4 Å². The molecular formula is C9H11NO3. The standard InChI is InChI=1S/C9H11NO3/c1-6-2-7(5-10-4-6)8(11)3-9(12)13/h2,4-5,8,11H,3H2,1H3,(H,12,13). The molecule has 70 valence electrons. The molecule has 0 aromatic carbocycles. The number of pyridine rings is 1. The van der Waals surface area contributed by atoms with E-state index >= 15 is 0 Å². The molecular weight excluding hydrogens is 170 g/mol. The lowest BCUT2D eigenvalue weighted by Crippen LogP contribution is -2.05. The van der Waals surface area contributed by atoms with Crippen LogP contribution in [0.25, 0.3) is 0 Å². The molecule has 0 aliphatic heterocycles. The van der Waals surface area contributed by atoms with Gasteiger partial charge in [0.2, 0.25) is 0 Å². The van der Waals surface area contributed by atoms with E-state index in [-0.39, 0.29) is 6.42 Å². The Kier molecular flexibility index (Phi) is 2.97. The molecule has 1 unspecified atom stereocenters. The van der Waals surface area contributed by atoms with E-state index in [0.717, 1.165) is 5.56 Å². The summed E-state index contributed by atoms with van der Waals surface area (Å²) in [4.78, 5) is 14.1. The number of carbonyl (C=O) groups is 1. The zero-order valence-corrected chi connectivity index (χ0v) is 7.27. The molecule has 1 aromatic heterocycles. The van der Waals surface area contributed by atoms with E-state index < -0.39 is 12.1 Å². The second-order valence-corrected chi connectivity index (χ2v) is 2.91. The molecule has 0 aliphatic rings. The molecule has 0 spiro atoms. The van der Waals surface area contributed by atoms with E-state index in [4.69, 9.17) is 5.11 Å². The summed E-state index contributed by atoms with van der Waals surface area (Å²) >= 11 is 0. The number of hydrogen-bond donors (Lipinski definition) is 2. The summed E-state index contributed by atoms with van der Waals surface area (Å²) in [6, 6.07) is 1.72. The minimum absolute atomic E-state index is 0.287. The maximum Gasteiger partial charge on any atom is 0.306 e. The molecule has 1 heterocycles. The minimum Gasteiger partial charge on any atom is -0.481 e. The summed E-state index contributed by atoms with van der Waals surface area (Å²) in [6.45, 7) is 1.84. The van der Waals surface area contributed by atoms with Crippen LogP contribution >= 0.6 is 0 Å². The number of nitrogens with zero attached hydrogens (tertiary/aromatic N) is 1. The zero-order valence-electron chi connectivity index (χ0n) is 7.27. The van der Waals surface area contributed by atoms with Gasteiger partial charge in [-0.25, -0.2) is 0 Å². The third kappa shape index (κ3) is 2.83. The summed E-state index contributed by atoms with van der Waals surface area (Å²) in [6.07, 6.45) is 1.87. The van der Waals surface area contributed by atoms with Gasteiger partial charge in [-0.05, 0) is 18.1 Å². The molecule has 0 aliphatic carbocycles. The van der Waals surface area contributed by atoms with E-state index in [1.807, 2.05) is 6.92 Å². The monoisotopic (exact) mass is 181 g/mol. The third-order valence-electron chi connectivity index (χ3n) is 1.65. The van der Waals surface area contributed by atoms with Crippen molar-refractivity contribution < 1.29 is 15.0 Å². The van der Waals surface area contributed by atoms with Gasteiger partial charge in [0.05, 0.1) is 12.5 Å². The summed E-state index contributed by atoms with van der Waals surface area (Å²) in [7, 11) is 0. The topological polar surface area (TPSA) is 70.4 Å². The molecule has 1 atom stereocenters. The number of carboxylic acid groups (broad SMARTS) is 1. The van der Waals surface area contributed by atoms with E-state index in [1.165, 1.54) is 6.20 Å². The largest absolute Gasteiger partial charge is 0.481 e. The lowest BCUT2D eigenvalue weighted by Gasteiger charge is -2.07. The van der Waals surface area contributed by atoms with Gasteiger partial charge >= 0.3 is 5.97 Å². The van der Waals surface area contributed by atoms with Crippen LogP contribution in [0.1, 0.15) is 23.7 Å². The Morgan fingerprint density at radius 1 is 1.62 bits per heavy atom. The van der Waals surface area contributed by atoms with E-state index in [9.17, 15) is 9.90 Å². The maximum atomic E-state index is 10.3. The maximum absolute atomic E-state index is 10.3. The van der Waals surface area contributed by atoms with Crippen LogP contribution in [0.15, 0.2) is 18.5 Å². The number of aryl methyl sites for hydroxylation is 1. The lowest BCUT2D eigenvalue weighted by atomic mass is 10.1. The second-order valence-electron chi connectivity index (χ2n) is 2.91. The Labute approximate surface area is 75.9 Å². The molecule has 1 rings (SSSR count). The first-order valence-electron chi connectivity index (χ1n) is 3.91. The summed E-state index contributed by atoms with van der Waals surface area (Å²) in [5.74, 6) is -1.02. The van der Waals surface area contributed by atoms with Gasteiger partial charge in [-0.2, -0.15) is 0 Å². The van der Waals surface area contributed by atoms with Crippen LogP contribution in [0.3, 0.4) is 0 Å². The van der Waals surface area contributed by atoms with Crippen LogP contribution in [0.2, 0.25) is 0 Å². The van der Waals surface area contributed by atoms with Gasteiger partial charge in [-0.1, -0.05) is 6.07 Å². The van der Waals surface area contributed by atoms with Gasteiger partial charge < -0.3 is 10.2 Å². The normalized spacial score (nSPS) is 12.5. The van der Waals surface area contributed by atoms with Gasteiger partial charge in [-0.15, -0.1) is 0 Å². The number of aliphatic hydroxyl groups is 1. The van der Waals surface area contributed by atoms with E-state index in [1.54, 1.807) is 12.3 Å². The fraction of sp³-hybridized carbons (Fsp3) is 0.333. The number of aliphatic hydroxyl groups excluding tert-OH is 1. The molecule has 0 radical (unpaired) electrons. The van der Waals surface area contributed by atoms with Crippen LogP contribution < -0.4 is 0 Å². The predicted octanol–water partition coefficient (Wildman–Crippen LogP) is 0.898. The molecule has 4 heteroatoms. The highest BCUT2D eigenvalue weighted by molar-refractivity contribution is 5.67. The highest BCUT2D eigenvalue weighted by Gasteiger charge is 2.11. The van der Waals surface area contributed by atoms with Crippen molar-refractivity contribution in [2.75, 3.05) is 0 Å². The van der Waals surface area contributed by atoms with Crippen LogP contribution in [-0.4, -0.2) is 21.2 Å². The fourth-order valence-electron chi connectivity index (χ4n) is 1.04. The van der Waals surface area contributed by atoms with Crippen molar-refractivity contribution in [3.63, 3.8) is 0 Å². The molecule has 0 bridgehead atoms. The third-order valence-corrected chi connectivity index (χ3v) is 1.65. The minimum atomic E-state index is -1.02. The molecule has 0 saturated carbocycles. The average molecular weight is 181 g/mol. The number of carboxylic acids is 1. The molecule has 0 fully saturated rings. The Morgan fingerprint density at radius 3 is 2.85 bits per heavy atom. The number of aromatic nitrogens is 1. The lowest BCUT2D eigenvalue weighted by molar-refractivity contribution is -0.139. The average Bonchev–Trinajstić information content (AvgIpc) is 2.03. The second kappa shape index (κ2) is 4.00. The molecule has 1 aromatic rings. The van der Waals surface area contributed by atoms with E-state index in [2.05, 4.69) is 4.98 Å². The van der Waals surface area contributed by atoms with Gasteiger partial charge in [0.25, 0.3) is 0 Å². The first-order valence-corrected chi connectivity index (χ1v) is 3.91. The van der Waals surface area contributed by atoms with Gasteiger partial charge in [0, 0.05) is 12.4 Å². The first-order chi connectivity index (χ1) is 6.09. The van der Waals surface area contributed by atoms with Crippen molar-refractivity contribution >= 4 is 5.97 Å². The Bertz CT molecular complexity index is 311. The highest BCUT2D eigenvalue weighted by atomic mass is 16.4. The van der Waals surface area contributed by atoms with Gasteiger partial charge in [0.1, 0.15) is 0 Å². The zero-order chi connectivity index (χ0) is 9.84. The fourth-order valence-corrected chi connectivity index (χ4v) is 1.04. The van der Waals surface area contributed by atoms with Crippen molar-refractivity contribution in [1.29, 1.82) is 0 Å². The molecule has 13 heavy (non-hydrogen) atoms. The van der Waals surface area contributed by atoms with Crippen molar-refractivity contribution in [2.24, 2.45) is 0 Å². The van der Waals surface area contributed by atoms with Crippen LogP contribution in [0, 0.1) is 6.92 Å². The molecule has 0 amide bonds. The van der Waals surface area contributed by atoms with Crippen LogP contribution in [0.4, 0.5) is 0 Å². The quantitative estimate of drug-likeness (QED) is 0.726. The van der Waals surface area contributed by atoms with Crippen molar-refractivity contribution in [3.05, 3.63) is 29.6 Å². The van der Waals surface area contributed by atoms with E-state index in [0.29, 0.717) is 5.56 Å². The van der Waals surface area contributed by atoms with Gasteiger partial charge in [-0.3, -0.25) is 9.78 Å². The first kappa shape index (κ1) is 9.67. The molecule has 4 nitrogen and oxygen atoms in total. The Balaban J connectivity index is 2.76. The Hall–Kier alpha value is -1.42. The SMILES string of the molecule is Cc1cncc(C(O)CC(=O)O)c1. The summed E-state index contributed by atoms with van der Waals surface area (Å²) in [5.41, 5.74) is 1.45. The number of hydrogen-bond acceptors (Lipinski definition) is 3.